The highest BCUT2D eigenvalue weighted by atomic mass is 79.9. The van der Waals surface area contributed by atoms with Crippen LogP contribution in [-0.2, 0) is 0 Å². The maximum absolute atomic E-state index is 13.3. The SMILES string of the molecule is O=Cc1c(Oc2cc(F)cc(Br)c2)nc2ccccn12. The van der Waals surface area contributed by atoms with Gasteiger partial charge in [-0.2, -0.15) is 4.98 Å². The normalized spacial score (nSPS) is 10.7. The number of aldehydes is 1. The number of rotatable bonds is 3. The Morgan fingerprint density at radius 3 is 2.90 bits per heavy atom. The second kappa shape index (κ2) is 5.05. The van der Waals surface area contributed by atoms with Gasteiger partial charge in [0.1, 0.15) is 17.2 Å². The van der Waals surface area contributed by atoms with E-state index in [9.17, 15) is 9.18 Å². The predicted molar refractivity (Wildman–Crippen MR) is 74.8 cm³/mol. The molecule has 0 amide bonds. The number of imidazole rings is 1. The van der Waals surface area contributed by atoms with E-state index in [-0.39, 0.29) is 17.3 Å². The number of fused-ring (bicyclic) bond motifs is 1. The van der Waals surface area contributed by atoms with Crippen molar-refractivity contribution in [3.63, 3.8) is 0 Å². The molecular weight excluding hydrogens is 327 g/mol. The number of aromatic nitrogens is 2. The van der Waals surface area contributed by atoms with Crippen LogP contribution >= 0.6 is 15.9 Å². The lowest BCUT2D eigenvalue weighted by Crippen LogP contribution is -1.93. The summed E-state index contributed by atoms with van der Waals surface area (Å²) in [4.78, 5) is 15.4. The van der Waals surface area contributed by atoms with E-state index in [0.717, 1.165) is 0 Å². The summed E-state index contributed by atoms with van der Waals surface area (Å²) >= 11 is 3.18. The molecule has 0 spiro atoms. The number of carbonyl (C=O) groups excluding carboxylic acids is 1. The number of pyridine rings is 1. The zero-order chi connectivity index (χ0) is 14.1. The van der Waals surface area contributed by atoms with E-state index in [1.165, 1.54) is 12.1 Å². The third kappa shape index (κ3) is 2.30. The van der Waals surface area contributed by atoms with Gasteiger partial charge >= 0.3 is 0 Å². The highest BCUT2D eigenvalue weighted by molar-refractivity contribution is 9.10. The quantitative estimate of drug-likeness (QED) is 0.683. The largest absolute Gasteiger partial charge is 0.437 e. The van der Waals surface area contributed by atoms with Crippen molar-refractivity contribution in [2.75, 3.05) is 0 Å². The lowest BCUT2D eigenvalue weighted by Gasteiger charge is -2.04. The molecule has 0 aliphatic carbocycles. The average molecular weight is 335 g/mol. The standard InChI is InChI=1S/C14H8BrFN2O2/c15-9-5-10(16)7-11(6-9)20-14-12(8-19)18-4-2-1-3-13(18)17-14/h1-8H. The second-order valence-electron chi connectivity index (χ2n) is 4.06. The van der Waals surface area contributed by atoms with Gasteiger partial charge < -0.3 is 4.74 Å². The monoisotopic (exact) mass is 334 g/mol. The minimum atomic E-state index is -0.439. The Hall–Kier alpha value is -2.21. The molecule has 4 nitrogen and oxygen atoms in total. The van der Waals surface area contributed by atoms with Crippen LogP contribution in [0.4, 0.5) is 4.39 Å². The van der Waals surface area contributed by atoms with Crippen molar-refractivity contribution in [2.45, 2.75) is 0 Å². The van der Waals surface area contributed by atoms with Crippen molar-refractivity contribution in [1.29, 1.82) is 0 Å². The summed E-state index contributed by atoms with van der Waals surface area (Å²) in [6.07, 6.45) is 2.37. The highest BCUT2D eigenvalue weighted by Crippen LogP contribution is 2.27. The molecule has 6 heteroatoms. The lowest BCUT2D eigenvalue weighted by molar-refractivity contribution is 0.111. The van der Waals surface area contributed by atoms with Crippen LogP contribution in [0.2, 0.25) is 0 Å². The van der Waals surface area contributed by atoms with Crippen molar-refractivity contribution in [3.8, 4) is 11.6 Å². The average Bonchev–Trinajstić information content (AvgIpc) is 2.74. The van der Waals surface area contributed by atoms with E-state index in [4.69, 9.17) is 4.74 Å². The Balaban J connectivity index is 2.08. The first-order valence-corrected chi connectivity index (χ1v) is 6.53. The maximum atomic E-state index is 13.3. The van der Waals surface area contributed by atoms with Crippen LogP contribution in [0.5, 0.6) is 11.6 Å². The fourth-order valence-electron chi connectivity index (χ4n) is 1.87. The lowest BCUT2D eigenvalue weighted by atomic mass is 10.3. The van der Waals surface area contributed by atoms with E-state index >= 15 is 0 Å². The third-order valence-corrected chi connectivity index (χ3v) is 3.15. The summed E-state index contributed by atoms with van der Waals surface area (Å²) < 4.78 is 21.0. The van der Waals surface area contributed by atoms with Gasteiger partial charge in [0, 0.05) is 16.7 Å². The molecule has 20 heavy (non-hydrogen) atoms. The molecule has 0 N–H and O–H groups in total. The molecule has 2 aromatic heterocycles. The van der Waals surface area contributed by atoms with E-state index in [1.54, 1.807) is 34.9 Å². The molecule has 3 rings (SSSR count). The molecule has 0 unspecified atom stereocenters. The first-order chi connectivity index (χ1) is 9.67. The number of carbonyl (C=O) groups is 1. The Labute approximate surface area is 121 Å². The number of hydrogen-bond donors (Lipinski definition) is 0. The first-order valence-electron chi connectivity index (χ1n) is 5.73. The summed E-state index contributed by atoms with van der Waals surface area (Å²) in [6, 6.07) is 9.48. The Morgan fingerprint density at radius 1 is 1.30 bits per heavy atom. The summed E-state index contributed by atoms with van der Waals surface area (Å²) in [5.74, 6) is -0.0297. The Morgan fingerprint density at radius 2 is 2.15 bits per heavy atom. The predicted octanol–water partition coefficient (Wildman–Crippen LogP) is 3.84. The minimum Gasteiger partial charge on any atom is -0.437 e. The fraction of sp³-hybridized carbons (Fsp3) is 0. The van der Waals surface area contributed by atoms with E-state index in [1.807, 2.05) is 0 Å². The van der Waals surface area contributed by atoms with Crippen molar-refractivity contribution in [1.82, 2.24) is 9.38 Å². The third-order valence-electron chi connectivity index (χ3n) is 2.70. The molecule has 1 aromatic carbocycles. The maximum Gasteiger partial charge on any atom is 0.249 e. The topological polar surface area (TPSA) is 43.6 Å². The molecule has 0 radical (unpaired) electrons. The van der Waals surface area contributed by atoms with Crippen molar-refractivity contribution >= 4 is 27.9 Å². The van der Waals surface area contributed by atoms with Gasteiger partial charge in [-0.3, -0.25) is 9.20 Å². The van der Waals surface area contributed by atoms with Gasteiger partial charge in [-0.25, -0.2) is 4.39 Å². The molecule has 0 saturated heterocycles. The van der Waals surface area contributed by atoms with E-state index in [0.29, 0.717) is 16.4 Å². The van der Waals surface area contributed by atoms with Gasteiger partial charge in [-0.05, 0) is 24.3 Å². The number of benzene rings is 1. The summed E-state index contributed by atoms with van der Waals surface area (Å²) in [5, 5.41) is 0. The van der Waals surface area contributed by atoms with Crippen molar-refractivity contribution in [2.24, 2.45) is 0 Å². The minimum absolute atomic E-state index is 0.142. The van der Waals surface area contributed by atoms with Gasteiger partial charge in [0.2, 0.25) is 5.88 Å². The van der Waals surface area contributed by atoms with E-state index in [2.05, 4.69) is 20.9 Å². The number of nitrogens with zero attached hydrogens (tertiary/aromatic N) is 2. The molecule has 0 bridgehead atoms. The van der Waals surface area contributed by atoms with Crippen LogP contribution in [0.25, 0.3) is 5.65 Å². The highest BCUT2D eigenvalue weighted by Gasteiger charge is 2.13. The zero-order valence-corrected chi connectivity index (χ0v) is 11.7. The summed E-state index contributed by atoms with van der Waals surface area (Å²) in [7, 11) is 0. The summed E-state index contributed by atoms with van der Waals surface area (Å²) in [5.41, 5.74) is 0.862. The molecule has 0 fully saturated rings. The van der Waals surface area contributed by atoms with Crippen LogP contribution in [0.15, 0.2) is 47.1 Å². The second-order valence-corrected chi connectivity index (χ2v) is 4.97. The van der Waals surface area contributed by atoms with E-state index < -0.39 is 5.82 Å². The van der Waals surface area contributed by atoms with Gasteiger partial charge in [-0.15, -0.1) is 0 Å². The zero-order valence-electron chi connectivity index (χ0n) is 10.1. The molecular formula is C14H8BrFN2O2. The first kappa shape index (κ1) is 12.8. The molecule has 2 heterocycles. The van der Waals surface area contributed by atoms with Crippen LogP contribution in [0.1, 0.15) is 10.5 Å². The van der Waals surface area contributed by atoms with Crippen LogP contribution < -0.4 is 4.74 Å². The molecule has 0 aliphatic rings. The number of hydrogen-bond acceptors (Lipinski definition) is 3. The molecule has 100 valence electrons. The molecule has 0 aliphatic heterocycles. The fourth-order valence-corrected chi connectivity index (χ4v) is 2.32. The van der Waals surface area contributed by atoms with Gasteiger partial charge in [0.25, 0.3) is 0 Å². The molecule has 0 atom stereocenters. The van der Waals surface area contributed by atoms with Crippen LogP contribution in [-0.4, -0.2) is 15.7 Å². The van der Waals surface area contributed by atoms with Gasteiger partial charge in [-0.1, -0.05) is 22.0 Å². The van der Waals surface area contributed by atoms with Crippen LogP contribution in [0.3, 0.4) is 0 Å². The molecule has 3 aromatic rings. The van der Waals surface area contributed by atoms with Crippen molar-refractivity contribution in [3.05, 3.63) is 58.6 Å². The van der Waals surface area contributed by atoms with Crippen LogP contribution in [0, 0.1) is 5.82 Å². The summed E-state index contributed by atoms with van der Waals surface area (Å²) in [6.45, 7) is 0. The van der Waals surface area contributed by atoms with Gasteiger partial charge in [0.15, 0.2) is 12.0 Å². The molecule has 0 saturated carbocycles. The van der Waals surface area contributed by atoms with Crippen molar-refractivity contribution < 1.29 is 13.9 Å². The smallest absolute Gasteiger partial charge is 0.249 e. The van der Waals surface area contributed by atoms with Gasteiger partial charge in [0.05, 0.1) is 0 Å². The Kier molecular flexibility index (Phi) is 3.23. The number of ether oxygens (including phenoxy) is 1. The Bertz CT molecular complexity index is 781. The number of halogens is 2.